The van der Waals surface area contributed by atoms with Gasteiger partial charge < -0.3 is 4.42 Å². The van der Waals surface area contributed by atoms with Gasteiger partial charge in [0.25, 0.3) is 0 Å². The van der Waals surface area contributed by atoms with E-state index in [1.807, 2.05) is 30.3 Å². The van der Waals surface area contributed by atoms with E-state index in [4.69, 9.17) is 4.42 Å². The van der Waals surface area contributed by atoms with E-state index in [1.54, 1.807) is 12.1 Å². The van der Waals surface area contributed by atoms with Gasteiger partial charge in [0.15, 0.2) is 5.43 Å². The van der Waals surface area contributed by atoms with E-state index >= 15 is 0 Å². The largest absolute Gasteiger partial charge is 0.456 e. The van der Waals surface area contributed by atoms with Gasteiger partial charge in [0.2, 0.25) is 0 Å². The second kappa shape index (κ2) is 10.8. The summed E-state index contributed by atoms with van der Waals surface area (Å²) in [5.74, 6) is 0.642. The Morgan fingerprint density at radius 1 is 0.556 bits per heavy atom. The average Bonchev–Trinajstić information content (AvgIpc) is 3.28. The summed E-state index contributed by atoms with van der Waals surface area (Å²) in [7, 11) is 0. The zero-order valence-corrected chi connectivity index (χ0v) is 21.0. The highest BCUT2D eigenvalue weighted by Gasteiger charge is 2.22. The van der Waals surface area contributed by atoms with Crippen LogP contribution in [0.25, 0.3) is 44.2 Å². The van der Waals surface area contributed by atoms with Crippen molar-refractivity contribution in [3.63, 3.8) is 0 Å². The van der Waals surface area contributed by atoms with Crippen molar-refractivity contribution in [1.29, 1.82) is 0 Å². The van der Waals surface area contributed by atoms with Crippen LogP contribution in [0.2, 0.25) is 0 Å². The molecule has 0 radical (unpaired) electrons. The minimum Gasteiger partial charge on any atom is -0.456 e. The molecule has 0 fully saturated rings. The van der Waals surface area contributed by atoms with Gasteiger partial charge in [-0.2, -0.15) is 0 Å². The lowest BCUT2D eigenvalue weighted by atomic mass is 9.99. The predicted octanol–water partition coefficient (Wildman–Crippen LogP) is 8.71. The van der Waals surface area contributed by atoms with E-state index in [0.717, 1.165) is 12.0 Å². The molecule has 1 aromatic heterocycles. The summed E-state index contributed by atoms with van der Waals surface area (Å²) in [5.41, 5.74) is 6.70. The maximum atomic E-state index is 12.4. The fraction of sp³-hybridized carbons (Fsp3) is 0.0312. The van der Waals surface area contributed by atoms with Crippen molar-refractivity contribution < 1.29 is 4.42 Å². The van der Waals surface area contributed by atoms with E-state index in [1.165, 1.54) is 33.0 Å². The van der Waals surface area contributed by atoms with Gasteiger partial charge in [0.05, 0.1) is 5.39 Å². The molecule has 178 valence electrons. The van der Waals surface area contributed by atoms with E-state index in [2.05, 4.69) is 78.9 Å². The molecule has 0 saturated carbocycles. The van der Waals surface area contributed by atoms with Crippen LogP contribution in [0.3, 0.4) is 0 Å². The zero-order valence-electron chi connectivity index (χ0n) is 19.4. The molecule has 0 unspecified atom stereocenters. The van der Waals surface area contributed by atoms with Crippen molar-refractivity contribution in [3.05, 3.63) is 143 Å². The smallest absolute Gasteiger partial charge is 0.193 e. The third-order valence-corrected chi connectivity index (χ3v) is 6.41. The molecule has 0 amide bonds. The summed E-state index contributed by atoms with van der Waals surface area (Å²) < 4.78 is 6.05. The quantitative estimate of drug-likeness (QED) is 0.221. The predicted molar refractivity (Wildman–Crippen MR) is 155 cm³/mol. The molecule has 36 heavy (non-hydrogen) atoms. The third-order valence-electron chi connectivity index (χ3n) is 6.41. The number of para-hydroxylation sites is 1. The summed E-state index contributed by atoms with van der Waals surface area (Å²) in [4.78, 5) is 12.4. The van der Waals surface area contributed by atoms with Crippen LogP contribution in [0.4, 0.5) is 0 Å². The number of rotatable bonds is 1. The fourth-order valence-corrected chi connectivity index (χ4v) is 4.76. The van der Waals surface area contributed by atoms with E-state index in [9.17, 15) is 4.79 Å². The maximum absolute atomic E-state index is 12.4. The number of hydrogen-bond donors (Lipinski definition) is 0. The molecule has 1 heterocycles. The molecule has 0 bridgehead atoms. The van der Waals surface area contributed by atoms with Crippen LogP contribution in [0, 0.1) is 0 Å². The average molecular weight is 511 g/mol. The Labute approximate surface area is 222 Å². The van der Waals surface area contributed by atoms with E-state index in [-0.39, 0.29) is 30.2 Å². The summed E-state index contributed by atoms with van der Waals surface area (Å²) in [6, 6.07) is 40.4. The van der Waals surface area contributed by atoms with E-state index in [0.29, 0.717) is 16.7 Å². The molecule has 6 aromatic rings. The third kappa shape index (κ3) is 4.66. The Morgan fingerprint density at radius 2 is 1.11 bits per heavy atom. The van der Waals surface area contributed by atoms with Crippen LogP contribution in [0.1, 0.15) is 11.1 Å². The van der Waals surface area contributed by atoms with Gasteiger partial charge in [0.1, 0.15) is 11.3 Å². The topological polar surface area (TPSA) is 30.2 Å². The molecule has 0 atom stereocenters. The van der Waals surface area contributed by atoms with Crippen LogP contribution in [0.5, 0.6) is 0 Å². The lowest BCUT2D eigenvalue weighted by Crippen LogP contribution is -2.00. The van der Waals surface area contributed by atoms with Crippen molar-refractivity contribution in [2.45, 2.75) is 6.42 Å². The molecule has 1 aliphatic rings. The zero-order chi connectivity index (χ0) is 22.9. The molecular weight excluding hydrogens is 487 g/mol. The molecule has 0 N–H and O–H groups in total. The summed E-state index contributed by atoms with van der Waals surface area (Å²) in [5, 5.41) is 3.24. The minimum atomic E-state index is -0.0000332. The molecule has 4 heteroatoms. The number of hydrogen-bond acceptors (Lipinski definition) is 2. The van der Waals surface area contributed by atoms with Crippen LogP contribution in [-0.2, 0) is 6.42 Å². The van der Waals surface area contributed by atoms with Crippen molar-refractivity contribution in [1.82, 2.24) is 0 Å². The van der Waals surface area contributed by atoms with E-state index < -0.39 is 0 Å². The molecule has 5 aromatic carbocycles. The molecule has 0 aliphatic heterocycles. The highest BCUT2D eigenvalue weighted by atomic mass is 35.5. The number of fused-ring (bicyclic) bond motifs is 5. The lowest BCUT2D eigenvalue weighted by Gasteiger charge is -2.08. The summed E-state index contributed by atoms with van der Waals surface area (Å²) in [6.45, 7) is 0. The molecule has 7 rings (SSSR count). The molecule has 0 spiro atoms. The second-order valence-corrected chi connectivity index (χ2v) is 8.48. The SMILES string of the molecule is Cl.Cl.O=c1cc(-c2cccc3c2Cc2ccccc2-3)oc2ccccc12.c1ccc2ccccc2c1. The first-order valence-corrected chi connectivity index (χ1v) is 11.5. The highest BCUT2D eigenvalue weighted by Crippen LogP contribution is 2.41. The normalized spacial score (nSPS) is 10.9. The first-order chi connectivity index (χ1) is 16.8. The number of benzene rings is 5. The van der Waals surface area contributed by atoms with Crippen LogP contribution >= 0.6 is 24.8 Å². The van der Waals surface area contributed by atoms with Gasteiger partial charge in [-0.1, -0.05) is 103 Å². The van der Waals surface area contributed by atoms with Crippen molar-refractivity contribution >= 4 is 46.6 Å². The Balaban J connectivity index is 0.000000215. The van der Waals surface area contributed by atoms with Gasteiger partial charge in [0, 0.05) is 11.6 Å². The summed E-state index contributed by atoms with van der Waals surface area (Å²) >= 11 is 0. The van der Waals surface area contributed by atoms with Gasteiger partial charge >= 0.3 is 0 Å². The molecule has 2 nitrogen and oxygen atoms in total. The maximum Gasteiger partial charge on any atom is 0.193 e. The first kappa shape index (κ1) is 25.2. The van der Waals surface area contributed by atoms with Gasteiger partial charge in [-0.05, 0) is 51.6 Å². The molecule has 0 saturated heterocycles. The van der Waals surface area contributed by atoms with Crippen molar-refractivity contribution in [2.75, 3.05) is 0 Å². The first-order valence-electron chi connectivity index (χ1n) is 11.5. The van der Waals surface area contributed by atoms with Crippen molar-refractivity contribution in [3.8, 4) is 22.5 Å². The Bertz CT molecular complexity index is 1650. The minimum absolute atomic E-state index is 0. The van der Waals surface area contributed by atoms with Crippen molar-refractivity contribution in [2.24, 2.45) is 0 Å². The van der Waals surface area contributed by atoms with Gasteiger partial charge in [-0.3, -0.25) is 4.79 Å². The molecule has 1 aliphatic carbocycles. The Hall–Kier alpha value is -3.85. The monoisotopic (exact) mass is 510 g/mol. The van der Waals surface area contributed by atoms with Crippen LogP contribution in [0.15, 0.2) is 131 Å². The summed E-state index contributed by atoms with van der Waals surface area (Å²) in [6.07, 6.45) is 0.873. The highest BCUT2D eigenvalue weighted by molar-refractivity contribution is 5.86. The fourth-order valence-electron chi connectivity index (χ4n) is 4.76. The van der Waals surface area contributed by atoms with Gasteiger partial charge in [-0.25, -0.2) is 0 Å². The number of halogens is 2. The Morgan fingerprint density at radius 3 is 1.83 bits per heavy atom. The lowest BCUT2D eigenvalue weighted by molar-refractivity contribution is 0.618. The second-order valence-electron chi connectivity index (χ2n) is 8.48. The Kier molecular flexibility index (Phi) is 7.59. The standard InChI is InChI=1S/C22H14O2.C10H8.2ClH/c23-20-13-22(24-21-11-4-3-8-18(20)21)17-10-5-9-16-15-7-2-1-6-14(15)12-19(16)17;1-2-6-10-8-4-3-7-9(10)5-1;;/h1-11,13H,12H2;1-8H;2*1H. The van der Waals surface area contributed by atoms with Crippen LogP contribution in [-0.4, -0.2) is 0 Å². The molecular formula is C32H24Cl2O2. The van der Waals surface area contributed by atoms with Crippen LogP contribution < -0.4 is 5.43 Å². The van der Waals surface area contributed by atoms with Gasteiger partial charge in [-0.15, -0.1) is 24.8 Å².